The Balaban J connectivity index is 1.44. The zero-order chi connectivity index (χ0) is 13.1. The molecule has 1 aromatic rings. The lowest BCUT2D eigenvalue weighted by molar-refractivity contribution is 0.189. The summed E-state index contributed by atoms with van der Waals surface area (Å²) >= 11 is 0. The molecule has 0 spiro atoms. The summed E-state index contributed by atoms with van der Waals surface area (Å²) in [5, 5.41) is 8.02. The molecule has 2 aliphatic rings. The highest BCUT2D eigenvalue weighted by Crippen LogP contribution is 2.43. The van der Waals surface area contributed by atoms with E-state index in [1.54, 1.807) is 7.11 Å². The highest BCUT2D eigenvalue weighted by Gasteiger charge is 2.35. The molecule has 2 aliphatic carbocycles. The number of allylic oxidation sites excluding steroid dienone is 2. The Morgan fingerprint density at radius 2 is 2.37 bits per heavy atom. The highest BCUT2D eigenvalue weighted by atomic mass is 16.5. The Kier molecular flexibility index (Phi) is 3.87. The van der Waals surface area contributed by atoms with E-state index in [4.69, 9.17) is 4.74 Å². The van der Waals surface area contributed by atoms with Crippen molar-refractivity contribution in [2.24, 2.45) is 17.8 Å². The number of rotatable bonds is 7. The number of fused-ring (bicyclic) bond motifs is 2. The van der Waals surface area contributed by atoms with Crippen LogP contribution in [0.3, 0.4) is 0 Å². The fourth-order valence-electron chi connectivity index (χ4n) is 3.32. The molecule has 3 atom stereocenters. The summed E-state index contributed by atoms with van der Waals surface area (Å²) in [6, 6.07) is 2.07. The van der Waals surface area contributed by atoms with Gasteiger partial charge in [-0.1, -0.05) is 12.2 Å². The Morgan fingerprint density at radius 1 is 1.42 bits per heavy atom. The van der Waals surface area contributed by atoms with Gasteiger partial charge in [0, 0.05) is 39.1 Å². The van der Waals surface area contributed by atoms with Crippen LogP contribution in [0, 0.1) is 17.8 Å². The summed E-state index contributed by atoms with van der Waals surface area (Å²) in [4.78, 5) is 0. The predicted molar refractivity (Wildman–Crippen MR) is 76.1 cm³/mol. The lowest BCUT2D eigenvalue weighted by Gasteiger charge is -2.18. The molecule has 4 nitrogen and oxygen atoms in total. The van der Waals surface area contributed by atoms with Gasteiger partial charge in [0.2, 0.25) is 0 Å². The number of hydrogen-bond acceptors (Lipinski definition) is 3. The van der Waals surface area contributed by atoms with Crippen molar-refractivity contribution in [2.75, 3.05) is 25.6 Å². The van der Waals surface area contributed by atoms with Crippen molar-refractivity contribution in [2.45, 2.75) is 25.8 Å². The van der Waals surface area contributed by atoms with E-state index in [2.05, 4.69) is 28.6 Å². The van der Waals surface area contributed by atoms with Crippen molar-refractivity contribution in [3.8, 4) is 0 Å². The van der Waals surface area contributed by atoms with Gasteiger partial charge in [0.25, 0.3) is 0 Å². The van der Waals surface area contributed by atoms with Crippen molar-refractivity contribution in [1.29, 1.82) is 0 Å². The van der Waals surface area contributed by atoms with Crippen molar-refractivity contribution >= 4 is 5.82 Å². The van der Waals surface area contributed by atoms with E-state index in [0.29, 0.717) is 0 Å². The highest BCUT2D eigenvalue weighted by molar-refractivity contribution is 5.32. The molecule has 2 bridgehead atoms. The molecule has 3 unspecified atom stereocenters. The molecule has 0 aromatic carbocycles. The fourth-order valence-corrected chi connectivity index (χ4v) is 3.32. The van der Waals surface area contributed by atoms with Crippen molar-refractivity contribution in [1.82, 2.24) is 9.78 Å². The molecule has 3 rings (SSSR count). The summed E-state index contributed by atoms with van der Waals surface area (Å²) in [6.45, 7) is 2.77. The van der Waals surface area contributed by atoms with E-state index in [1.165, 1.54) is 12.8 Å². The normalized spacial score (nSPS) is 28.2. The number of nitrogens with one attached hydrogen (secondary N) is 1. The first-order valence-electron chi connectivity index (χ1n) is 7.30. The minimum absolute atomic E-state index is 0.792. The van der Waals surface area contributed by atoms with Crippen LogP contribution in [0.4, 0.5) is 5.82 Å². The number of aromatic nitrogens is 2. The quantitative estimate of drug-likeness (QED) is 0.605. The Bertz CT molecular complexity index is 440. The molecule has 0 saturated heterocycles. The Labute approximate surface area is 114 Å². The smallest absolute Gasteiger partial charge is 0.147 e. The van der Waals surface area contributed by atoms with Gasteiger partial charge in [-0.25, -0.2) is 0 Å². The third-order valence-corrected chi connectivity index (χ3v) is 4.34. The van der Waals surface area contributed by atoms with E-state index < -0.39 is 0 Å². The maximum atomic E-state index is 5.05. The lowest BCUT2D eigenvalue weighted by Crippen LogP contribution is -2.18. The van der Waals surface area contributed by atoms with Gasteiger partial charge >= 0.3 is 0 Å². The maximum Gasteiger partial charge on any atom is 0.147 e. The summed E-state index contributed by atoms with van der Waals surface area (Å²) in [7, 11) is 1.74. The zero-order valence-corrected chi connectivity index (χ0v) is 11.6. The molecule has 1 N–H and O–H groups in total. The molecule has 0 aliphatic heterocycles. The number of aryl methyl sites for hydroxylation is 1. The minimum atomic E-state index is 0.792. The van der Waals surface area contributed by atoms with Gasteiger partial charge in [-0.2, -0.15) is 5.10 Å². The van der Waals surface area contributed by atoms with E-state index in [0.717, 1.165) is 49.7 Å². The lowest BCUT2D eigenvalue weighted by atomic mass is 9.94. The summed E-state index contributed by atoms with van der Waals surface area (Å²) in [5.41, 5.74) is 0. The first-order valence-corrected chi connectivity index (χ1v) is 7.30. The summed E-state index contributed by atoms with van der Waals surface area (Å²) in [6.07, 6.45) is 10.6. The zero-order valence-electron chi connectivity index (χ0n) is 11.6. The van der Waals surface area contributed by atoms with E-state index >= 15 is 0 Å². The van der Waals surface area contributed by atoms with Crippen LogP contribution in [0.15, 0.2) is 24.4 Å². The topological polar surface area (TPSA) is 39.1 Å². The first kappa shape index (κ1) is 12.7. The number of nitrogens with zero attached hydrogens (tertiary/aromatic N) is 2. The average molecular weight is 261 g/mol. The van der Waals surface area contributed by atoms with Crippen LogP contribution in [0.2, 0.25) is 0 Å². The number of hydrogen-bond donors (Lipinski definition) is 1. The molecule has 0 radical (unpaired) electrons. The first-order chi connectivity index (χ1) is 9.35. The third-order valence-electron chi connectivity index (χ3n) is 4.34. The molecular formula is C15H23N3O. The average Bonchev–Trinajstić information content (AvgIpc) is 3.13. The van der Waals surface area contributed by atoms with Crippen molar-refractivity contribution < 1.29 is 4.74 Å². The molecule has 1 aromatic heterocycles. The second kappa shape index (κ2) is 5.78. The van der Waals surface area contributed by atoms with Crippen LogP contribution in [0.5, 0.6) is 0 Å². The van der Waals surface area contributed by atoms with Gasteiger partial charge in [-0.3, -0.25) is 4.68 Å². The number of methoxy groups -OCH3 is 1. The Morgan fingerprint density at radius 3 is 3.11 bits per heavy atom. The van der Waals surface area contributed by atoms with E-state index in [9.17, 15) is 0 Å². The predicted octanol–water partition coefficient (Wildman–Crippen LogP) is 2.54. The van der Waals surface area contributed by atoms with Crippen molar-refractivity contribution in [3.05, 3.63) is 24.4 Å². The van der Waals surface area contributed by atoms with Gasteiger partial charge < -0.3 is 10.1 Å². The summed E-state index contributed by atoms with van der Waals surface area (Å²) in [5.74, 6) is 3.46. The van der Waals surface area contributed by atoms with Gasteiger partial charge in [-0.05, 0) is 37.0 Å². The van der Waals surface area contributed by atoms with Crippen LogP contribution >= 0.6 is 0 Å². The van der Waals surface area contributed by atoms with Gasteiger partial charge in [-0.15, -0.1) is 0 Å². The standard InChI is InChI=1S/C15H23N3O/c1-19-8-2-6-18-7-5-15(17-18)16-11-14-10-12-3-4-13(14)9-12/h3-5,7,12-14H,2,6,8-11H2,1H3,(H,16,17). The van der Waals surface area contributed by atoms with Crippen LogP contribution in [-0.2, 0) is 11.3 Å². The second-order valence-electron chi connectivity index (χ2n) is 5.73. The third kappa shape index (κ3) is 3.00. The molecule has 0 amide bonds. The number of anilines is 1. The molecule has 1 heterocycles. The number of ether oxygens (including phenoxy) is 1. The minimum Gasteiger partial charge on any atom is -0.385 e. The summed E-state index contributed by atoms with van der Waals surface area (Å²) < 4.78 is 7.04. The van der Waals surface area contributed by atoms with Crippen LogP contribution in [-0.4, -0.2) is 30.0 Å². The molecular weight excluding hydrogens is 238 g/mol. The molecule has 4 heteroatoms. The monoisotopic (exact) mass is 261 g/mol. The Hall–Kier alpha value is -1.29. The molecule has 19 heavy (non-hydrogen) atoms. The largest absolute Gasteiger partial charge is 0.385 e. The van der Waals surface area contributed by atoms with E-state index in [-0.39, 0.29) is 0 Å². The fraction of sp³-hybridized carbons (Fsp3) is 0.667. The second-order valence-corrected chi connectivity index (χ2v) is 5.73. The molecule has 1 fully saturated rings. The van der Waals surface area contributed by atoms with Crippen LogP contribution < -0.4 is 5.32 Å². The van der Waals surface area contributed by atoms with Crippen LogP contribution in [0.25, 0.3) is 0 Å². The maximum absolute atomic E-state index is 5.05. The van der Waals surface area contributed by atoms with Gasteiger partial charge in [0.15, 0.2) is 0 Å². The SMILES string of the molecule is COCCCn1ccc(NCC2CC3C=CC2C3)n1. The van der Waals surface area contributed by atoms with Gasteiger partial charge in [0.05, 0.1) is 0 Å². The molecule has 104 valence electrons. The van der Waals surface area contributed by atoms with Crippen molar-refractivity contribution in [3.63, 3.8) is 0 Å². The van der Waals surface area contributed by atoms with Crippen LogP contribution in [0.1, 0.15) is 19.3 Å². The van der Waals surface area contributed by atoms with E-state index in [1.807, 2.05) is 10.9 Å². The van der Waals surface area contributed by atoms with Gasteiger partial charge in [0.1, 0.15) is 5.82 Å². The molecule has 1 saturated carbocycles.